The van der Waals surface area contributed by atoms with Gasteiger partial charge in [0.05, 0.1) is 24.8 Å². The van der Waals surface area contributed by atoms with Gasteiger partial charge in [-0.3, -0.25) is 13.9 Å². The number of nitrogens with one attached hydrogen (secondary N) is 1. The quantitative estimate of drug-likeness (QED) is 0.335. The Kier molecular flexibility index (Phi) is 10.4. The molecule has 0 aliphatic carbocycles. The van der Waals surface area contributed by atoms with Crippen LogP contribution in [0.1, 0.15) is 26.3 Å². The summed E-state index contributed by atoms with van der Waals surface area (Å²) in [7, 11) is -1.40. The van der Waals surface area contributed by atoms with Crippen molar-refractivity contribution in [2.45, 2.75) is 44.3 Å². The Hall–Kier alpha value is -3.76. The van der Waals surface area contributed by atoms with E-state index in [4.69, 9.17) is 21.1 Å². The van der Waals surface area contributed by atoms with E-state index in [9.17, 15) is 18.0 Å². The molecule has 11 heteroatoms. The SMILES string of the molecule is COc1ccc(S(=O)(=O)N(CC(=O)N(Cc2cccc(Cl)c2)[C@@H](C)C(=O)NC(C)C)c2ccccc2)cc1OC. The second-order valence-corrected chi connectivity index (χ2v) is 11.7. The maximum Gasteiger partial charge on any atom is 0.264 e. The molecule has 0 bridgehead atoms. The van der Waals surface area contributed by atoms with E-state index in [1.165, 1.54) is 37.3 Å². The summed E-state index contributed by atoms with van der Waals surface area (Å²) in [6.07, 6.45) is 0. The number of amides is 2. The molecule has 3 rings (SSSR count). The molecule has 0 aliphatic heterocycles. The van der Waals surface area contributed by atoms with Crippen LogP contribution in [-0.4, -0.2) is 58.0 Å². The lowest BCUT2D eigenvalue weighted by atomic mass is 10.1. The summed E-state index contributed by atoms with van der Waals surface area (Å²) in [5.41, 5.74) is 0.978. The van der Waals surface area contributed by atoms with E-state index in [-0.39, 0.29) is 34.8 Å². The normalized spacial score (nSPS) is 12.0. The minimum atomic E-state index is -4.26. The number of rotatable bonds is 12. The Morgan fingerprint density at radius 1 is 0.900 bits per heavy atom. The number of hydrogen-bond donors (Lipinski definition) is 1. The van der Waals surface area contributed by atoms with Crippen LogP contribution in [0.2, 0.25) is 5.02 Å². The summed E-state index contributed by atoms with van der Waals surface area (Å²) in [5, 5.41) is 3.30. The van der Waals surface area contributed by atoms with Crippen LogP contribution < -0.4 is 19.1 Å². The van der Waals surface area contributed by atoms with Gasteiger partial charge in [0.15, 0.2) is 11.5 Å². The van der Waals surface area contributed by atoms with Gasteiger partial charge in [-0.1, -0.05) is 41.9 Å². The van der Waals surface area contributed by atoms with Gasteiger partial charge < -0.3 is 19.7 Å². The molecular formula is C29H34ClN3O6S. The highest BCUT2D eigenvalue weighted by molar-refractivity contribution is 7.92. The Balaban J connectivity index is 2.05. The molecule has 0 aliphatic rings. The summed E-state index contributed by atoms with van der Waals surface area (Å²) in [4.78, 5) is 28.1. The van der Waals surface area contributed by atoms with Crippen molar-refractivity contribution in [3.8, 4) is 11.5 Å². The average molecular weight is 588 g/mol. The molecule has 3 aromatic rings. The summed E-state index contributed by atoms with van der Waals surface area (Å²) >= 11 is 6.17. The van der Waals surface area contributed by atoms with E-state index in [1.807, 2.05) is 13.8 Å². The van der Waals surface area contributed by atoms with Gasteiger partial charge in [-0.05, 0) is 62.7 Å². The highest BCUT2D eigenvalue weighted by Crippen LogP contribution is 2.32. The molecule has 0 fully saturated rings. The van der Waals surface area contributed by atoms with E-state index in [0.717, 1.165) is 4.31 Å². The third kappa shape index (κ3) is 7.45. The number of ether oxygens (including phenoxy) is 2. The number of para-hydroxylation sites is 1. The molecule has 214 valence electrons. The van der Waals surface area contributed by atoms with Gasteiger partial charge in [0.1, 0.15) is 12.6 Å². The van der Waals surface area contributed by atoms with Crippen LogP contribution >= 0.6 is 11.6 Å². The molecule has 0 spiro atoms. The van der Waals surface area contributed by atoms with Crippen LogP contribution in [0, 0.1) is 0 Å². The fraction of sp³-hybridized carbons (Fsp3) is 0.310. The number of anilines is 1. The average Bonchev–Trinajstić information content (AvgIpc) is 2.93. The van der Waals surface area contributed by atoms with Gasteiger partial charge in [0.25, 0.3) is 10.0 Å². The monoisotopic (exact) mass is 587 g/mol. The van der Waals surface area contributed by atoms with Crippen LogP contribution in [0.4, 0.5) is 5.69 Å². The Labute approximate surface area is 240 Å². The molecule has 0 unspecified atom stereocenters. The van der Waals surface area contributed by atoms with Crippen LogP contribution in [-0.2, 0) is 26.2 Å². The summed E-state index contributed by atoms with van der Waals surface area (Å²) in [5.74, 6) is -0.343. The smallest absolute Gasteiger partial charge is 0.264 e. The number of hydrogen-bond acceptors (Lipinski definition) is 6. The lowest BCUT2D eigenvalue weighted by Gasteiger charge is -2.32. The first-order valence-electron chi connectivity index (χ1n) is 12.6. The number of carbonyl (C=O) groups is 2. The molecule has 1 atom stereocenters. The van der Waals surface area contributed by atoms with Crippen molar-refractivity contribution < 1.29 is 27.5 Å². The van der Waals surface area contributed by atoms with Gasteiger partial charge in [-0.2, -0.15) is 0 Å². The molecular weight excluding hydrogens is 554 g/mol. The number of sulfonamides is 1. The number of benzene rings is 3. The minimum absolute atomic E-state index is 0.0467. The van der Waals surface area contributed by atoms with Gasteiger partial charge in [-0.25, -0.2) is 8.42 Å². The zero-order valence-corrected chi connectivity index (χ0v) is 24.7. The van der Waals surface area contributed by atoms with E-state index in [1.54, 1.807) is 61.5 Å². The fourth-order valence-electron chi connectivity index (χ4n) is 4.05. The molecule has 0 heterocycles. The van der Waals surface area contributed by atoms with E-state index in [2.05, 4.69) is 5.32 Å². The molecule has 40 heavy (non-hydrogen) atoms. The summed E-state index contributed by atoms with van der Waals surface area (Å²) in [6, 6.07) is 18.4. The van der Waals surface area contributed by atoms with Crippen molar-refractivity contribution in [3.05, 3.63) is 83.4 Å². The van der Waals surface area contributed by atoms with Crippen molar-refractivity contribution in [2.75, 3.05) is 25.1 Å². The Bertz CT molecular complexity index is 1430. The van der Waals surface area contributed by atoms with Gasteiger partial charge in [-0.15, -0.1) is 0 Å². The highest BCUT2D eigenvalue weighted by atomic mass is 35.5. The fourth-order valence-corrected chi connectivity index (χ4v) is 5.69. The molecule has 0 saturated carbocycles. The van der Waals surface area contributed by atoms with Crippen LogP contribution in [0.15, 0.2) is 77.7 Å². The number of methoxy groups -OCH3 is 2. The minimum Gasteiger partial charge on any atom is -0.493 e. The largest absolute Gasteiger partial charge is 0.493 e. The third-order valence-electron chi connectivity index (χ3n) is 6.11. The van der Waals surface area contributed by atoms with Gasteiger partial charge in [0, 0.05) is 23.7 Å². The first kappa shape index (κ1) is 30.8. The second-order valence-electron chi connectivity index (χ2n) is 9.35. The van der Waals surface area contributed by atoms with Crippen molar-refractivity contribution >= 4 is 39.1 Å². The molecule has 1 N–H and O–H groups in total. The van der Waals surface area contributed by atoms with Crippen LogP contribution in [0.5, 0.6) is 11.5 Å². The van der Waals surface area contributed by atoms with Gasteiger partial charge in [0.2, 0.25) is 11.8 Å². The molecule has 9 nitrogen and oxygen atoms in total. The van der Waals surface area contributed by atoms with E-state index in [0.29, 0.717) is 16.3 Å². The first-order chi connectivity index (χ1) is 19.0. The third-order valence-corrected chi connectivity index (χ3v) is 8.11. The maximum atomic E-state index is 14.0. The lowest BCUT2D eigenvalue weighted by molar-refractivity contribution is -0.139. The summed E-state index contributed by atoms with van der Waals surface area (Å²) in [6.45, 7) is 4.74. The van der Waals surface area contributed by atoms with Crippen molar-refractivity contribution in [1.82, 2.24) is 10.2 Å². The predicted molar refractivity (Wildman–Crippen MR) is 155 cm³/mol. The number of nitrogens with zero attached hydrogens (tertiary/aromatic N) is 2. The van der Waals surface area contributed by atoms with Crippen molar-refractivity contribution in [2.24, 2.45) is 0 Å². The number of carbonyl (C=O) groups excluding carboxylic acids is 2. The molecule has 0 saturated heterocycles. The molecule has 3 aromatic carbocycles. The standard InChI is InChI=1S/C29H34ClN3O6S/c1-20(2)31-29(35)21(3)32(18-22-10-9-11-23(30)16-22)28(34)19-33(24-12-7-6-8-13-24)40(36,37)25-14-15-26(38-4)27(17-25)39-5/h6-17,20-21H,18-19H2,1-5H3,(H,31,35)/t21-/m0/s1. The Morgan fingerprint density at radius 2 is 1.57 bits per heavy atom. The van der Waals surface area contributed by atoms with Crippen LogP contribution in [0.3, 0.4) is 0 Å². The first-order valence-corrected chi connectivity index (χ1v) is 14.4. The van der Waals surface area contributed by atoms with E-state index < -0.39 is 28.5 Å². The zero-order chi connectivity index (χ0) is 29.4. The lowest BCUT2D eigenvalue weighted by Crippen LogP contribution is -2.52. The van der Waals surface area contributed by atoms with Crippen LogP contribution in [0.25, 0.3) is 0 Å². The second kappa shape index (κ2) is 13.5. The van der Waals surface area contributed by atoms with Crippen molar-refractivity contribution in [1.29, 1.82) is 0 Å². The van der Waals surface area contributed by atoms with Gasteiger partial charge >= 0.3 is 0 Å². The number of halogens is 1. The topological polar surface area (TPSA) is 105 Å². The Morgan fingerprint density at radius 3 is 2.17 bits per heavy atom. The zero-order valence-electron chi connectivity index (χ0n) is 23.1. The predicted octanol–water partition coefficient (Wildman–Crippen LogP) is 4.49. The maximum absolute atomic E-state index is 14.0. The van der Waals surface area contributed by atoms with E-state index >= 15 is 0 Å². The van der Waals surface area contributed by atoms with Crippen molar-refractivity contribution in [3.63, 3.8) is 0 Å². The highest BCUT2D eigenvalue weighted by Gasteiger charge is 2.33. The molecule has 0 radical (unpaired) electrons. The summed E-state index contributed by atoms with van der Waals surface area (Å²) < 4.78 is 39.5. The molecule has 2 amide bonds. The molecule has 0 aromatic heterocycles.